The maximum atomic E-state index is 10.6. The molecule has 0 bridgehead atoms. The average molecular weight is 169 g/mol. The van der Waals surface area contributed by atoms with E-state index in [0.29, 0.717) is 0 Å². The summed E-state index contributed by atoms with van der Waals surface area (Å²) in [5, 5.41) is 10.1. The van der Waals surface area contributed by atoms with E-state index in [-0.39, 0.29) is 18.1 Å². The first-order valence-electron chi connectivity index (χ1n) is 3.25. The van der Waals surface area contributed by atoms with Crippen molar-refractivity contribution in [3.63, 3.8) is 0 Å². The number of aromatic nitrogens is 2. The van der Waals surface area contributed by atoms with Crippen LogP contribution in [-0.2, 0) is 11.3 Å². The molecule has 0 saturated heterocycles. The fourth-order valence-electron chi connectivity index (χ4n) is 0.786. The van der Waals surface area contributed by atoms with Crippen molar-refractivity contribution in [1.29, 1.82) is 0 Å². The lowest BCUT2D eigenvalue weighted by Gasteiger charge is -1.91. The topological polar surface area (TPSA) is 78.0 Å². The predicted octanol–water partition coefficient (Wildman–Crippen LogP) is 0.380. The fraction of sp³-hybridized carbons (Fsp3) is 0.333. The van der Waals surface area contributed by atoms with Gasteiger partial charge in [0.2, 0.25) is 6.33 Å². The molecule has 0 aliphatic heterocycles. The van der Waals surface area contributed by atoms with Gasteiger partial charge in [-0.1, -0.05) is 0 Å². The molecule has 1 rings (SSSR count). The summed E-state index contributed by atoms with van der Waals surface area (Å²) >= 11 is 0. The summed E-state index contributed by atoms with van der Waals surface area (Å²) in [6.45, 7) is 1.53. The second-order valence-corrected chi connectivity index (χ2v) is 2.36. The van der Waals surface area contributed by atoms with E-state index in [4.69, 9.17) is 0 Å². The zero-order valence-corrected chi connectivity index (χ0v) is 6.43. The van der Waals surface area contributed by atoms with E-state index < -0.39 is 4.92 Å². The summed E-state index contributed by atoms with van der Waals surface area (Å²) in [7, 11) is 0. The molecule has 12 heavy (non-hydrogen) atoms. The standard InChI is InChI=1S/C6H7N3O3/c1-5(10)2-8-3-6(7-4-8)9(11)12/h3-4H,2H2,1H3. The Morgan fingerprint density at radius 3 is 2.92 bits per heavy atom. The number of hydrogen-bond donors (Lipinski definition) is 0. The SMILES string of the molecule is CC(=O)Cn1cnc([N+](=O)[O-])c1. The first-order valence-corrected chi connectivity index (χ1v) is 3.25. The zero-order chi connectivity index (χ0) is 9.14. The molecule has 0 saturated carbocycles. The third-order valence-electron chi connectivity index (χ3n) is 1.21. The molecule has 1 aromatic rings. The molecule has 0 amide bonds. The Balaban J connectivity index is 2.77. The summed E-state index contributed by atoms with van der Waals surface area (Å²) in [5.41, 5.74) is 0. The third-order valence-corrected chi connectivity index (χ3v) is 1.21. The molecule has 6 nitrogen and oxygen atoms in total. The van der Waals surface area contributed by atoms with Crippen molar-refractivity contribution >= 4 is 11.6 Å². The Kier molecular flexibility index (Phi) is 2.18. The maximum Gasteiger partial charge on any atom is 0.381 e. The Hall–Kier alpha value is -1.72. The van der Waals surface area contributed by atoms with E-state index >= 15 is 0 Å². The van der Waals surface area contributed by atoms with Crippen molar-refractivity contribution < 1.29 is 9.72 Å². The van der Waals surface area contributed by atoms with Crippen molar-refractivity contribution in [3.8, 4) is 0 Å². The molecule has 6 heteroatoms. The van der Waals surface area contributed by atoms with Crippen molar-refractivity contribution in [2.75, 3.05) is 0 Å². The number of carbonyl (C=O) groups excluding carboxylic acids is 1. The summed E-state index contributed by atoms with van der Waals surface area (Å²) in [5.74, 6) is -0.307. The highest BCUT2D eigenvalue weighted by Gasteiger charge is 2.09. The van der Waals surface area contributed by atoms with Gasteiger partial charge in [-0.3, -0.25) is 4.79 Å². The Bertz CT molecular complexity index is 318. The van der Waals surface area contributed by atoms with Crippen LogP contribution in [0.2, 0.25) is 0 Å². The van der Waals surface area contributed by atoms with Gasteiger partial charge in [0.05, 0.1) is 6.54 Å². The molecule has 0 spiro atoms. The lowest BCUT2D eigenvalue weighted by Crippen LogP contribution is -2.03. The van der Waals surface area contributed by atoms with Crippen molar-refractivity contribution in [3.05, 3.63) is 22.6 Å². The smallest absolute Gasteiger partial charge is 0.358 e. The van der Waals surface area contributed by atoms with Crippen LogP contribution in [0.3, 0.4) is 0 Å². The van der Waals surface area contributed by atoms with Crippen LogP contribution >= 0.6 is 0 Å². The second-order valence-electron chi connectivity index (χ2n) is 2.36. The Morgan fingerprint density at radius 2 is 2.50 bits per heavy atom. The van der Waals surface area contributed by atoms with E-state index in [9.17, 15) is 14.9 Å². The van der Waals surface area contributed by atoms with Gasteiger partial charge >= 0.3 is 5.82 Å². The van der Waals surface area contributed by atoms with Crippen molar-refractivity contribution in [1.82, 2.24) is 9.55 Å². The summed E-state index contributed by atoms with van der Waals surface area (Å²) < 4.78 is 1.38. The number of hydrogen-bond acceptors (Lipinski definition) is 4. The van der Waals surface area contributed by atoms with Gasteiger partial charge in [-0.05, 0) is 16.8 Å². The minimum Gasteiger partial charge on any atom is -0.358 e. The lowest BCUT2D eigenvalue weighted by molar-refractivity contribution is -0.389. The van der Waals surface area contributed by atoms with Crippen LogP contribution in [-0.4, -0.2) is 20.3 Å². The van der Waals surface area contributed by atoms with Crippen molar-refractivity contribution in [2.45, 2.75) is 13.5 Å². The molecule has 0 aliphatic carbocycles. The molecular formula is C6H7N3O3. The summed E-state index contributed by atoms with van der Waals surface area (Å²) in [6, 6.07) is 0. The normalized spacial score (nSPS) is 9.75. The molecule has 1 aromatic heterocycles. The number of imidazole rings is 1. The van der Waals surface area contributed by atoms with Gasteiger partial charge in [-0.2, -0.15) is 0 Å². The van der Waals surface area contributed by atoms with Crippen LogP contribution in [0.4, 0.5) is 5.82 Å². The average Bonchev–Trinajstić information content (AvgIpc) is 2.34. The Labute approximate surface area is 68.0 Å². The number of ketones is 1. The fourth-order valence-corrected chi connectivity index (χ4v) is 0.786. The molecule has 0 aliphatic rings. The highest BCUT2D eigenvalue weighted by atomic mass is 16.6. The van der Waals surface area contributed by atoms with E-state index in [2.05, 4.69) is 4.98 Å². The first-order chi connectivity index (χ1) is 5.59. The third kappa shape index (κ3) is 1.88. The number of nitrogens with zero attached hydrogens (tertiary/aromatic N) is 3. The van der Waals surface area contributed by atoms with Crippen molar-refractivity contribution in [2.24, 2.45) is 0 Å². The number of Topliss-reactive ketones (excluding diaryl/α,β-unsaturated/α-hetero) is 1. The Morgan fingerprint density at radius 1 is 1.83 bits per heavy atom. The van der Waals surface area contributed by atoms with E-state index in [1.54, 1.807) is 0 Å². The van der Waals surface area contributed by atoms with Crippen LogP contribution in [0.1, 0.15) is 6.92 Å². The van der Waals surface area contributed by atoms with Gasteiger partial charge in [0, 0.05) is 0 Å². The monoisotopic (exact) mass is 169 g/mol. The highest BCUT2D eigenvalue weighted by molar-refractivity contribution is 5.75. The summed E-state index contributed by atoms with van der Waals surface area (Å²) in [6.07, 6.45) is 2.49. The molecule has 0 N–H and O–H groups in total. The number of nitro groups is 1. The van der Waals surface area contributed by atoms with Gasteiger partial charge in [0.15, 0.2) is 0 Å². The molecule has 1 heterocycles. The van der Waals surface area contributed by atoms with E-state index in [0.717, 1.165) is 0 Å². The largest absolute Gasteiger partial charge is 0.381 e. The maximum absolute atomic E-state index is 10.6. The van der Waals surface area contributed by atoms with Crippen LogP contribution in [0.5, 0.6) is 0 Å². The number of rotatable bonds is 3. The van der Waals surface area contributed by atoms with E-state index in [1.807, 2.05) is 0 Å². The molecule has 64 valence electrons. The summed E-state index contributed by atoms with van der Waals surface area (Å²) in [4.78, 5) is 23.6. The minimum atomic E-state index is -0.601. The predicted molar refractivity (Wildman–Crippen MR) is 39.6 cm³/mol. The van der Waals surface area contributed by atoms with Crippen LogP contribution in [0.25, 0.3) is 0 Å². The second kappa shape index (κ2) is 3.12. The van der Waals surface area contributed by atoms with Crippen LogP contribution in [0.15, 0.2) is 12.5 Å². The molecular weight excluding hydrogens is 162 g/mol. The van der Waals surface area contributed by atoms with Crippen LogP contribution < -0.4 is 0 Å². The number of carbonyl (C=O) groups is 1. The van der Waals surface area contributed by atoms with Gasteiger partial charge < -0.3 is 14.7 Å². The molecule has 0 unspecified atom stereocenters. The highest BCUT2D eigenvalue weighted by Crippen LogP contribution is 2.04. The molecule has 0 fully saturated rings. The van der Waals surface area contributed by atoms with Gasteiger partial charge in [-0.25, -0.2) is 0 Å². The first kappa shape index (κ1) is 8.38. The zero-order valence-electron chi connectivity index (χ0n) is 6.43. The molecule has 0 aromatic carbocycles. The van der Waals surface area contributed by atoms with Gasteiger partial charge in [0.25, 0.3) is 0 Å². The quantitative estimate of drug-likeness (QED) is 0.484. The van der Waals surface area contributed by atoms with Crippen LogP contribution in [0, 0.1) is 10.1 Å². The van der Waals surface area contributed by atoms with E-state index in [1.165, 1.54) is 24.0 Å². The molecule has 0 atom stereocenters. The van der Waals surface area contributed by atoms with Gasteiger partial charge in [-0.15, -0.1) is 0 Å². The molecule has 0 radical (unpaired) electrons. The minimum absolute atomic E-state index is 0.0673. The van der Waals surface area contributed by atoms with Gasteiger partial charge in [0.1, 0.15) is 12.0 Å². The lowest BCUT2D eigenvalue weighted by atomic mass is 10.4.